The van der Waals surface area contributed by atoms with Gasteiger partial charge in [-0.3, -0.25) is 4.79 Å². The first-order valence-corrected chi connectivity index (χ1v) is 5.68. The Labute approximate surface area is 103 Å². The highest BCUT2D eigenvalue weighted by atomic mass is 127. The van der Waals surface area contributed by atoms with E-state index in [9.17, 15) is 9.90 Å². The SMILES string of the molecule is CC(C)(C)NC(=O)c1ccc(I)c(O)c1. The molecule has 0 atom stereocenters. The van der Waals surface area contributed by atoms with Gasteiger partial charge in [0.2, 0.25) is 0 Å². The highest BCUT2D eigenvalue weighted by molar-refractivity contribution is 14.1. The van der Waals surface area contributed by atoms with Crippen LogP contribution < -0.4 is 5.32 Å². The maximum absolute atomic E-state index is 11.7. The zero-order chi connectivity index (χ0) is 11.6. The fourth-order valence-corrected chi connectivity index (χ4v) is 1.40. The molecule has 0 aliphatic rings. The van der Waals surface area contributed by atoms with Crippen molar-refractivity contribution in [2.75, 3.05) is 0 Å². The van der Waals surface area contributed by atoms with Crippen molar-refractivity contribution in [2.24, 2.45) is 0 Å². The zero-order valence-electron chi connectivity index (χ0n) is 8.97. The van der Waals surface area contributed by atoms with Crippen LogP contribution in [0.5, 0.6) is 5.75 Å². The zero-order valence-corrected chi connectivity index (χ0v) is 11.1. The molecule has 4 heteroatoms. The molecule has 82 valence electrons. The lowest BCUT2D eigenvalue weighted by Gasteiger charge is -2.20. The number of halogens is 1. The van der Waals surface area contributed by atoms with Crippen molar-refractivity contribution < 1.29 is 9.90 Å². The van der Waals surface area contributed by atoms with Gasteiger partial charge in [-0.15, -0.1) is 0 Å². The van der Waals surface area contributed by atoms with Gasteiger partial charge in [0.1, 0.15) is 5.75 Å². The molecule has 1 rings (SSSR count). The van der Waals surface area contributed by atoms with Crippen molar-refractivity contribution in [3.05, 3.63) is 27.3 Å². The molecule has 0 aliphatic heterocycles. The highest BCUT2D eigenvalue weighted by Gasteiger charge is 2.15. The van der Waals surface area contributed by atoms with E-state index in [0.29, 0.717) is 5.56 Å². The molecule has 0 aliphatic carbocycles. The van der Waals surface area contributed by atoms with E-state index in [2.05, 4.69) is 5.32 Å². The predicted molar refractivity (Wildman–Crippen MR) is 68.0 cm³/mol. The molecule has 1 aromatic carbocycles. The third-order valence-corrected chi connectivity index (χ3v) is 2.61. The van der Waals surface area contributed by atoms with Crippen molar-refractivity contribution in [3.63, 3.8) is 0 Å². The number of phenolic OH excluding ortho intramolecular Hbond substituents is 1. The first-order chi connectivity index (χ1) is 6.79. The summed E-state index contributed by atoms with van der Waals surface area (Å²) in [7, 11) is 0. The molecule has 0 saturated heterocycles. The number of amides is 1. The van der Waals surface area contributed by atoms with E-state index in [-0.39, 0.29) is 17.2 Å². The van der Waals surface area contributed by atoms with Crippen LogP contribution in [0.15, 0.2) is 18.2 Å². The molecule has 0 aromatic heterocycles. The summed E-state index contributed by atoms with van der Waals surface area (Å²) in [5.41, 5.74) is 0.207. The van der Waals surface area contributed by atoms with Gasteiger partial charge in [0, 0.05) is 11.1 Å². The number of phenols is 1. The van der Waals surface area contributed by atoms with Crippen LogP contribution in [-0.4, -0.2) is 16.6 Å². The summed E-state index contributed by atoms with van der Waals surface area (Å²) in [6.07, 6.45) is 0. The third-order valence-electron chi connectivity index (χ3n) is 1.70. The van der Waals surface area contributed by atoms with Gasteiger partial charge in [-0.2, -0.15) is 0 Å². The Hall–Kier alpha value is -0.780. The second-order valence-corrected chi connectivity index (χ2v) is 5.53. The fraction of sp³-hybridized carbons (Fsp3) is 0.364. The van der Waals surface area contributed by atoms with Crippen molar-refractivity contribution in [1.82, 2.24) is 5.32 Å². The number of nitrogens with one attached hydrogen (secondary N) is 1. The lowest BCUT2D eigenvalue weighted by molar-refractivity contribution is 0.0919. The quantitative estimate of drug-likeness (QED) is 0.782. The number of hydrogen-bond acceptors (Lipinski definition) is 2. The summed E-state index contributed by atoms with van der Waals surface area (Å²) in [6, 6.07) is 4.89. The van der Waals surface area contributed by atoms with Gasteiger partial charge in [0.25, 0.3) is 5.91 Å². The van der Waals surface area contributed by atoms with E-state index >= 15 is 0 Å². The van der Waals surface area contributed by atoms with Gasteiger partial charge < -0.3 is 10.4 Å². The average molecular weight is 319 g/mol. The van der Waals surface area contributed by atoms with Gasteiger partial charge in [0.15, 0.2) is 0 Å². The van der Waals surface area contributed by atoms with Crippen LogP contribution in [-0.2, 0) is 0 Å². The Kier molecular flexibility index (Phi) is 3.59. The molecule has 0 unspecified atom stereocenters. The number of hydrogen-bond donors (Lipinski definition) is 2. The van der Waals surface area contributed by atoms with Crippen LogP contribution in [0.1, 0.15) is 31.1 Å². The summed E-state index contributed by atoms with van der Waals surface area (Å²) in [6.45, 7) is 5.74. The molecule has 0 heterocycles. The van der Waals surface area contributed by atoms with Gasteiger partial charge in [0.05, 0.1) is 3.57 Å². The standard InChI is InChI=1S/C11H14INO2/c1-11(2,3)13-10(15)7-4-5-8(12)9(14)6-7/h4-6,14H,1-3H3,(H,13,15). The molecule has 1 amide bonds. The number of benzene rings is 1. The molecule has 0 spiro atoms. The second-order valence-electron chi connectivity index (χ2n) is 4.37. The van der Waals surface area contributed by atoms with E-state index < -0.39 is 0 Å². The molecule has 3 nitrogen and oxygen atoms in total. The monoisotopic (exact) mass is 319 g/mol. The fourth-order valence-electron chi connectivity index (χ4n) is 1.07. The highest BCUT2D eigenvalue weighted by Crippen LogP contribution is 2.20. The Bertz CT molecular complexity index is 383. The smallest absolute Gasteiger partial charge is 0.251 e. The van der Waals surface area contributed by atoms with Crippen molar-refractivity contribution in [1.29, 1.82) is 0 Å². The van der Waals surface area contributed by atoms with E-state index in [1.54, 1.807) is 12.1 Å². The minimum atomic E-state index is -0.268. The minimum absolute atomic E-state index is 0.136. The molecule has 0 fully saturated rings. The number of rotatable bonds is 1. The van der Waals surface area contributed by atoms with E-state index in [1.165, 1.54) is 6.07 Å². The lowest BCUT2D eigenvalue weighted by Crippen LogP contribution is -2.40. The molecule has 0 bridgehead atoms. The van der Waals surface area contributed by atoms with Crippen molar-refractivity contribution in [2.45, 2.75) is 26.3 Å². The average Bonchev–Trinajstić information content (AvgIpc) is 2.06. The Morgan fingerprint density at radius 1 is 1.40 bits per heavy atom. The van der Waals surface area contributed by atoms with Crippen molar-refractivity contribution in [3.8, 4) is 5.75 Å². The largest absolute Gasteiger partial charge is 0.507 e. The Morgan fingerprint density at radius 2 is 2.00 bits per heavy atom. The maximum atomic E-state index is 11.7. The molecule has 0 saturated carbocycles. The Balaban J connectivity index is 2.88. The first kappa shape index (κ1) is 12.3. The van der Waals surface area contributed by atoms with Crippen LogP contribution in [0.3, 0.4) is 0 Å². The summed E-state index contributed by atoms with van der Waals surface area (Å²) >= 11 is 2.01. The normalized spacial score (nSPS) is 11.2. The van der Waals surface area contributed by atoms with Crippen LogP contribution in [0, 0.1) is 3.57 Å². The van der Waals surface area contributed by atoms with Gasteiger partial charge in [-0.1, -0.05) is 0 Å². The van der Waals surface area contributed by atoms with E-state index in [4.69, 9.17) is 0 Å². The van der Waals surface area contributed by atoms with Crippen molar-refractivity contribution >= 4 is 28.5 Å². The van der Waals surface area contributed by atoms with Gasteiger partial charge >= 0.3 is 0 Å². The maximum Gasteiger partial charge on any atom is 0.251 e. The van der Waals surface area contributed by atoms with Crippen LogP contribution in [0.4, 0.5) is 0 Å². The van der Waals surface area contributed by atoms with Crippen LogP contribution in [0.25, 0.3) is 0 Å². The first-order valence-electron chi connectivity index (χ1n) is 4.60. The lowest BCUT2D eigenvalue weighted by atomic mass is 10.1. The summed E-state index contributed by atoms with van der Waals surface area (Å²) in [4.78, 5) is 11.7. The molecule has 15 heavy (non-hydrogen) atoms. The number of carbonyl (C=O) groups excluding carboxylic acids is 1. The number of aromatic hydroxyl groups is 1. The van der Waals surface area contributed by atoms with Crippen LogP contribution >= 0.6 is 22.6 Å². The number of carbonyl (C=O) groups is 1. The van der Waals surface area contributed by atoms with E-state index in [1.807, 2.05) is 43.4 Å². The third kappa shape index (κ3) is 3.70. The molecular weight excluding hydrogens is 305 g/mol. The molecule has 2 N–H and O–H groups in total. The van der Waals surface area contributed by atoms with Crippen LogP contribution in [0.2, 0.25) is 0 Å². The summed E-state index contributed by atoms with van der Waals surface area (Å²) < 4.78 is 0.736. The Morgan fingerprint density at radius 3 is 2.47 bits per heavy atom. The minimum Gasteiger partial charge on any atom is -0.507 e. The summed E-state index contributed by atoms with van der Waals surface area (Å²) in [5.74, 6) is -0.0358. The molecular formula is C11H14INO2. The molecule has 1 aromatic rings. The van der Waals surface area contributed by atoms with E-state index in [0.717, 1.165) is 3.57 Å². The predicted octanol–water partition coefficient (Wildman–Crippen LogP) is 2.53. The van der Waals surface area contributed by atoms with Gasteiger partial charge in [-0.05, 0) is 61.6 Å². The summed E-state index contributed by atoms with van der Waals surface area (Å²) in [5, 5.41) is 12.3. The topological polar surface area (TPSA) is 49.3 Å². The van der Waals surface area contributed by atoms with Gasteiger partial charge in [-0.25, -0.2) is 0 Å². The molecule has 0 radical (unpaired) electrons. The second kappa shape index (κ2) is 4.38.